The van der Waals surface area contributed by atoms with Crippen LogP contribution in [0.2, 0.25) is 0 Å². The maximum atomic E-state index is 12.1. The number of rotatable bonds is 5. The van der Waals surface area contributed by atoms with E-state index in [2.05, 4.69) is 36.3 Å². The number of tetrazole rings is 1. The number of anilines is 1. The summed E-state index contributed by atoms with van der Waals surface area (Å²) in [5.74, 6) is 1.50. The van der Waals surface area contributed by atoms with Gasteiger partial charge in [-0.05, 0) is 48.4 Å². The Morgan fingerprint density at radius 1 is 1.41 bits per heavy atom. The third-order valence-electron chi connectivity index (χ3n) is 4.07. The summed E-state index contributed by atoms with van der Waals surface area (Å²) in [6.07, 6.45) is 1.71. The van der Waals surface area contributed by atoms with Crippen LogP contribution in [0.5, 0.6) is 0 Å². The smallest absolute Gasteiger partial charge is 0.319 e. The molecule has 1 aromatic carbocycles. The summed E-state index contributed by atoms with van der Waals surface area (Å²) < 4.78 is 12.3. The van der Waals surface area contributed by atoms with E-state index in [1.165, 1.54) is 0 Å². The summed E-state index contributed by atoms with van der Waals surface area (Å²) in [5, 5.41) is 20.7. The lowest BCUT2D eigenvalue weighted by atomic mass is 10.2. The van der Waals surface area contributed by atoms with Gasteiger partial charge in [0, 0.05) is 12.3 Å². The summed E-state index contributed by atoms with van der Waals surface area (Å²) >= 11 is 0. The van der Waals surface area contributed by atoms with Crippen LogP contribution in [0.25, 0.3) is 5.69 Å². The number of aromatic nitrogens is 6. The molecule has 3 aromatic rings. The van der Waals surface area contributed by atoms with Gasteiger partial charge >= 0.3 is 6.03 Å². The van der Waals surface area contributed by atoms with Gasteiger partial charge in [0.25, 0.3) is 5.89 Å². The molecule has 2 amide bonds. The minimum Gasteiger partial charge on any atom is -0.368 e. The van der Waals surface area contributed by atoms with Crippen molar-refractivity contribution in [3.63, 3.8) is 0 Å². The number of benzene rings is 1. The Kier molecular flexibility index (Phi) is 4.75. The predicted molar refractivity (Wildman–Crippen MR) is 92.0 cm³/mol. The zero-order valence-corrected chi connectivity index (χ0v) is 14.6. The summed E-state index contributed by atoms with van der Waals surface area (Å²) in [5.41, 5.74) is 1.35. The minimum atomic E-state index is -0.385. The maximum absolute atomic E-state index is 12.1. The lowest BCUT2D eigenvalue weighted by Gasteiger charge is -2.08. The molecule has 1 fully saturated rings. The summed E-state index contributed by atoms with van der Waals surface area (Å²) in [7, 11) is 0. The number of carbonyl (C=O) groups is 1. The highest BCUT2D eigenvalue weighted by atomic mass is 16.5. The fourth-order valence-corrected chi connectivity index (χ4v) is 2.76. The first-order valence-electron chi connectivity index (χ1n) is 8.53. The molecule has 0 bridgehead atoms. The van der Waals surface area contributed by atoms with E-state index in [9.17, 15) is 4.79 Å². The van der Waals surface area contributed by atoms with Gasteiger partial charge in [-0.15, -0.1) is 5.10 Å². The second kappa shape index (κ2) is 7.50. The molecule has 2 aromatic heterocycles. The molecule has 0 spiro atoms. The second-order valence-corrected chi connectivity index (χ2v) is 6.05. The third-order valence-corrected chi connectivity index (χ3v) is 4.07. The molecule has 4 rings (SSSR count). The molecule has 11 heteroatoms. The van der Waals surface area contributed by atoms with Gasteiger partial charge in [-0.1, -0.05) is 11.2 Å². The number of ether oxygens (including phenoxy) is 1. The number of aryl methyl sites for hydroxylation is 1. The Labute approximate surface area is 154 Å². The van der Waals surface area contributed by atoms with Crippen molar-refractivity contribution >= 4 is 11.7 Å². The molecule has 1 atom stereocenters. The quantitative estimate of drug-likeness (QED) is 0.691. The van der Waals surface area contributed by atoms with Crippen LogP contribution >= 0.6 is 0 Å². The largest absolute Gasteiger partial charge is 0.368 e. The van der Waals surface area contributed by atoms with E-state index in [1.54, 1.807) is 29.8 Å². The molecule has 0 aliphatic carbocycles. The molecule has 1 aliphatic heterocycles. The van der Waals surface area contributed by atoms with Crippen LogP contribution in [0.1, 0.15) is 36.5 Å². The fraction of sp³-hybridized carbons (Fsp3) is 0.375. The summed E-state index contributed by atoms with van der Waals surface area (Å²) in [4.78, 5) is 16.4. The molecule has 11 nitrogen and oxygen atoms in total. The van der Waals surface area contributed by atoms with Crippen molar-refractivity contribution < 1.29 is 14.1 Å². The number of hydrogen-bond acceptors (Lipinski definition) is 8. The van der Waals surface area contributed by atoms with Gasteiger partial charge in [-0.25, -0.2) is 4.79 Å². The van der Waals surface area contributed by atoms with Crippen LogP contribution in [0.15, 0.2) is 28.8 Å². The third kappa shape index (κ3) is 3.92. The van der Waals surface area contributed by atoms with E-state index in [-0.39, 0.29) is 18.7 Å². The van der Waals surface area contributed by atoms with E-state index in [0.717, 1.165) is 18.5 Å². The molecular weight excluding hydrogens is 352 g/mol. The van der Waals surface area contributed by atoms with E-state index < -0.39 is 0 Å². The molecule has 2 N–H and O–H groups in total. The Hall–Kier alpha value is -3.34. The SMILES string of the molecule is Cc1nnnn1-c1cccc(NC(=O)NCc2noc([C@H]3CCCO3)n2)c1. The molecule has 0 radical (unpaired) electrons. The molecule has 0 unspecified atom stereocenters. The predicted octanol–water partition coefficient (Wildman–Crippen LogP) is 1.53. The topological polar surface area (TPSA) is 133 Å². The van der Waals surface area contributed by atoms with Crippen molar-refractivity contribution in [2.75, 3.05) is 11.9 Å². The summed E-state index contributed by atoms with van der Waals surface area (Å²) in [6, 6.07) is 6.81. The molecular formula is C16H18N8O3. The normalized spacial score (nSPS) is 16.4. The van der Waals surface area contributed by atoms with Crippen molar-refractivity contribution in [2.24, 2.45) is 0 Å². The Morgan fingerprint density at radius 2 is 2.33 bits per heavy atom. The zero-order chi connectivity index (χ0) is 18.6. The number of nitrogens with one attached hydrogen (secondary N) is 2. The van der Waals surface area contributed by atoms with E-state index >= 15 is 0 Å². The molecule has 1 saturated heterocycles. The average Bonchev–Trinajstić information content (AvgIpc) is 3.41. The highest BCUT2D eigenvalue weighted by Crippen LogP contribution is 2.26. The van der Waals surface area contributed by atoms with Gasteiger partial charge in [0.05, 0.1) is 12.2 Å². The van der Waals surface area contributed by atoms with Gasteiger partial charge in [-0.2, -0.15) is 9.67 Å². The number of carbonyl (C=O) groups excluding carboxylic acids is 1. The second-order valence-electron chi connectivity index (χ2n) is 6.05. The van der Waals surface area contributed by atoms with E-state index in [0.29, 0.717) is 29.8 Å². The molecule has 27 heavy (non-hydrogen) atoms. The number of nitrogens with zero attached hydrogens (tertiary/aromatic N) is 6. The Morgan fingerprint density at radius 3 is 3.11 bits per heavy atom. The highest BCUT2D eigenvalue weighted by molar-refractivity contribution is 5.89. The van der Waals surface area contributed by atoms with Crippen molar-refractivity contribution in [2.45, 2.75) is 32.4 Å². The average molecular weight is 370 g/mol. The fourth-order valence-electron chi connectivity index (χ4n) is 2.76. The van der Waals surface area contributed by atoms with Crippen molar-refractivity contribution in [1.29, 1.82) is 0 Å². The van der Waals surface area contributed by atoms with Crippen LogP contribution in [-0.4, -0.2) is 43.0 Å². The van der Waals surface area contributed by atoms with Crippen LogP contribution in [-0.2, 0) is 11.3 Å². The van der Waals surface area contributed by atoms with Crippen LogP contribution in [0.3, 0.4) is 0 Å². The highest BCUT2D eigenvalue weighted by Gasteiger charge is 2.23. The van der Waals surface area contributed by atoms with Crippen LogP contribution < -0.4 is 10.6 Å². The van der Waals surface area contributed by atoms with Gasteiger partial charge < -0.3 is 19.9 Å². The summed E-state index contributed by atoms with van der Waals surface area (Å²) in [6.45, 7) is 2.64. The number of hydrogen-bond donors (Lipinski definition) is 2. The standard InChI is InChI=1S/C16H18N8O3/c1-10-20-22-23-24(10)12-5-2-4-11(8-12)18-16(25)17-9-14-19-15(27-21-14)13-6-3-7-26-13/h2,4-5,8,13H,3,6-7,9H2,1H3,(H2,17,18,25)/t13-/m1/s1. The maximum Gasteiger partial charge on any atom is 0.319 e. The van der Waals surface area contributed by atoms with E-state index in [1.807, 2.05) is 6.07 Å². The van der Waals surface area contributed by atoms with Gasteiger partial charge in [0.1, 0.15) is 6.10 Å². The number of amides is 2. The van der Waals surface area contributed by atoms with Crippen molar-refractivity contribution in [1.82, 2.24) is 35.7 Å². The van der Waals surface area contributed by atoms with Crippen molar-refractivity contribution in [3.8, 4) is 5.69 Å². The minimum absolute atomic E-state index is 0.141. The lowest BCUT2D eigenvalue weighted by Crippen LogP contribution is -2.28. The van der Waals surface area contributed by atoms with Gasteiger partial charge in [-0.3, -0.25) is 0 Å². The molecule has 0 saturated carbocycles. The van der Waals surface area contributed by atoms with Crippen molar-refractivity contribution in [3.05, 3.63) is 41.8 Å². The van der Waals surface area contributed by atoms with Crippen LogP contribution in [0, 0.1) is 6.92 Å². The Balaban J connectivity index is 1.34. The Bertz CT molecular complexity index is 931. The molecule has 140 valence electrons. The first kappa shape index (κ1) is 17.1. The van der Waals surface area contributed by atoms with Gasteiger partial charge in [0.15, 0.2) is 11.6 Å². The van der Waals surface area contributed by atoms with Crippen LogP contribution in [0.4, 0.5) is 10.5 Å². The number of urea groups is 1. The monoisotopic (exact) mass is 370 g/mol. The molecule has 3 heterocycles. The zero-order valence-electron chi connectivity index (χ0n) is 14.6. The van der Waals surface area contributed by atoms with Gasteiger partial charge in [0.2, 0.25) is 0 Å². The van der Waals surface area contributed by atoms with E-state index in [4.69, 9.17) is 9.26 Å². The first-order valence-corrected chi connectivity index (χ1v) is 8.53. The first-order chi connectivity index (χ1) is 13.2. The molecule has 1 aliphatic rings. The lowest BCUT2D eigenvalue weighted by molar-refractivity contribution is 0.0835.